The van der Waals surface area contributed by atoms with Crippen molar-refractivity contribution in [2.45, 2.75) is 6.92 Å². The van der Waals surface area contributed by atoms with E-state index in [1.54, 1.807) is 12.1 Å². The van der Waals surface area contributed by atoms with Crippen molar-refractivity contribution in [1.29, 1.82) is 0 Å². The number of ether oxygens (including phenoxy) is 1. The van der Waals surface area contributed by atoms with Crippen molar-refractivity contribution in [3.05, 3.63) is 57.0 Å². The lowest BCUT2D eigenvalue weighted by molar-refractivity contribution is 0.100. The Hall–Kier alpha value is -1.52. The fraction of sp³-hybridized carbons (Fsp3) is 0.0714. The van der Waals surface area contributed by atoms with Gasteiger partial charge in [0.2, 0.25) is 5.91 Å². The minimum Gasteiger partial charge on any atom is -0.456 e. The third kappa shape index (κ3) is 3.28. The lowest BCUT2D eigenvalue weighted by Gasteiger charge is -2.09. The fourth-order valence-corrected chi connectivity index (χ4v) is 2.01. The number of hydrogen-bond acceptors (Lipinski definition) is 2. The molecular weight excluding hydrogens is 330 g/mol. The summed E-state index contributed by atoms with van der Waals surface area (Å²) in [4.78, 5) is 11.0. The van der Waals surface area contributed by atoms with Gasteiger partial charge < -0.3 is 10.5 Å². The van der Waals surface area contributed by atoms with Gasteiger partial charge in [0.25, 0.3) is 0 Å². The van der Waals surface area contributed by atoms with Crippen LogP contribution in [0.2, 0.25) is 5.02 Å². The SMILES string of the molecule is Cc1cc(Oc2ccc(C(N)=O)cc2Cl)ccc1Br. The van der Waals surface area contributed by atoms with Crippen LogP contribution in [0, 0.1) is 6.92 Å². The maximum Gasteiger partial charge on any atom is 0.248 e. The topological polar surface area (TPSA) is 52.3 Å². The number of carbonyl (C=O) groups excluding carboxylic acids is 1. The molecule has 2 N–H and O–H groups in total. The Bertz CT molecular complexity index is 643. The highest BCUT2D eigenvalue weighted by Crippen LogP contribution is 2.31. The Kier molecular flexibility index (Phi) is 4.12. The molecule has 0 saturated carbocycles. The summed E-state index contributed by atoms with van der Waals surface area (Å²) in [6.45, 7) is 1.97. The van der Waals surface area contributed by atoms with Crippen LogP contribution in [0.15, 0.2) is 40.9 Å². The molecule has 0 bridgehead atoms. The molecule has 0 saturated heterocycles. The maximum absolute atomic E-state index is 11.0. The van der Waals surface area contributed by atoms with Crippen LogP contribution in [-0.4, -0.2) is 5.91 Å². The summed E-state index contributed by atoms with van der Waals surface area (Å²) in [7, 11) is 0. The summed E-state index contributed by atoms with van der Waals surface area (Å²) in [5, 5.41) is 0.344. The van der Waals surface area contributed by atoms with E-state index in [0.29, 0.717) is 22.1 Å². The van der Waals surface area contributed by atoms with E-state index in [9.17, 15) is 4.79 Å². The van der Waals surface area contributed by atoms with E-state index in [1.807, 2.05) is 25.1 Å². The average Bonchev–Trinajstić information content (AvgIpc) is 2.36. The molecule has 5 heteroatoms. The molecule has 2 aromatic rings. The smallest absolute Gasteiger partial charge is 0.248 e. The van der Waals surface area contributed by atoms with Gasteiger partial charge in [0.05, 0.1) is 5.02 Å². The van der Waals surface area contributed by atoms with Gasteiger partial charge in [-0.05, 0) is 48.9 Å². The summed E-state index contributed by atoms with van der Waals surface area (Å²) >= 11 is 9.47. The van der Waals surface area contributed by atoms with Crippen molar-refractivity contribution >= 4 is 33.4 Å². The largest absolute Gasteiger partial charge is 0.456 e. The van der Waals surface area contributed by atoms with Crippen LogP contribution in [-0.2, 0) is 0 Å². The Balaban J connectivity index is 2.28. The molecule has 1 amide bonds. The van der Waals surface area contributed by atoms with Gasteiger partial charge >= 0.3 is 0 Å². The van der Waals surface area contributed by atoms with E-state index in [0.717, 1.165) is 10.0 Å². The molecule has 19 heavy (non-hydrogen) atoms. The van der Waals surface area contributed by atoms with E-state index in [2.05, 4.69) is 15.9 Å². The van der Waals surface area contributed by atoms with E-state index in [1.165, 1.54) is 6.07 Å². The molecule has 0 aromatic heterocycles. The van der Waals surface area contributed by atoms with Crippen molar-refractivity contribution in [1.82, 2.24) is 0 Å². The van der Waals surface area contributed by atoms with Crippen LogP contribution >= 0.6 is 27.5 Å². The molecule has 0 aliphatic rings. The average molecular weight is 341 g/mol. The van der Waals surface area contributed by atoms with Crippen molar-refractivity contribution in [3.8, 4) is 11.5 Å². The lowest BCUT2D eigenvalue weighted by Crippen LogP contribution is -2.10. The number of carbonyl (C=O) groups is 1. The van der Waals surface area contributed by atoms with Gasteiger partial charge in [-0.3, -0.25) is 4.79 Å². The predicted octanol–water partition coefficient (Wildman–Crippen LogP) is 4.30. The van der Waals surface area contributed by atoms with Crippen LogP contribution in [0.25, 0.3) is 0 Å². The Morgan fingerprint density at radius 3 is 2.58 bits per heavy atom. The minimum atomic E-state index is -0.520. The second-order valence-corrected chi connectivity index (χ2v) is 5.28. The molecule has 0 spiro atoms. The molecule has 0 unspecified atom stereocenters. The normalized spacial score (nSPS) is 10.3. The third-order valence-corrected chi connectivity index (χ3v) is 3.76. The van der Waals surface area contributed by atoms with E-state index in [4.69, 9.17) is 22.1 Å². The number of benzene rings is 2. The highest BCUT2D eigenvalue weighted by Gasteiger charge is 2.08. The molecule has 3 nitrogen and oxygen atoms in total. The van der Waals surface area contributed by atoms with Crippen molar-refractivity contribution in [3.63, 3.8) is 0 Å². The summed E-state index contributed by atoms with van der Waals surface area (Å²) in [5.41, 5.74) is 6.59. The van der Waals surface area contributed by atoms with Gasteiger partial charge in [0.15, 0.2) is 0 Å². The third-order valence-electron chi connectivity index (χ3n) is 2.57. The zero-order valence-corrected chi connectivity index (χ0v) is 12.5. The van der Waals surface area contributed by atoms with E-state index >= 15 is 0 Å². The molecule has 0 atom stereocenters. The van der Waals surface area contributed by atoms with Crippen LogP contribution in [0.5, 0.6) is 11.5 Å². The zero-order valence-electron chi connectivity index (χ0n) is 10.1. The van der Waals surface area contributed by atoms with Crippen LogP contribution in [0.1, 0.15) is 15.9 Å². The first-order chi connectivity index (χ1) is 8.97. The predicted molar refractivity (Wildman–Crippen MR) is 78.9 cm³/mol. The number of amides is 1. The summed E-state index contributed by atoms with van der Waals surface area (Å²) < 4.78 is 6.68. The molecule has 0 radical (unpaired) electrons. The molecule has 0 heterocycles. The zero-order chi connectivity index (χ0) is 14.0. The Morgan fingerprint density at radius 1 is 1.26 bits per heavy atom. The maximum atomic E-state index is 11.0. The molecule has 0 aliphatic heterocycles. The summed E-state index contributed by atoms with van der Waals surface area (Å²) in [6.07, 6.45) is 0. The number of primary amides is 1. The second kappa shape index (κ2) is 5.63. The highest BCUT2D eigenvalue weighted by molar-refractivity contribution is 9.10. The number of hydrogen-bond donors (Lipinski definition) is 1. The van der Waals surface area contributed by atoms with Crippen molar-refractivity contribution in [2.75, 3.05) is 0 Å². The molecular formula is C14H11BrClNO2. The molecule has 0 aliphatic carbocycles. The molecule has 2 aromatic carbocycles. The van der Waals surface area contributed by atoms with Gasteiger partial charge in [-0.2, -0.15) is 0 Å². The monoisotopic (exact) mass is 339 g/mol. The Morgan fingerprint density at radius 2 is 2.00 bits per heavy atom. The molecule has 0 fully saturated rings. The second-order valence-electron chi connectivity index (χ2n) is 4.02. The van der Waals surface area contributed by atoms with Crippen LogP contribution < -0.4 is 10.5 Å². The van der Waals surface area contributed by atoms with Crippen molar-refractivity contribution in [2.24, 2.45) is 5.73 Å². The van der Waals surface area contributed by atoms with Gasteiger partial charge in [-0.25, -0.2) is 0 Å². The first-order valence-corrected chi connectivity index (χ1v) is 6.68. The van der Waals surface area contributed by atoms with Crippen molar-refractivity contribution < 1.29 is 9.53 Å². The standard InChI is InChI=1S/C14H11BrClNO2/c1-8-6-10(3-4-11(8)15)19-13-5-2-9(14(17)18)7-12(13)16/h2-7H,1H3,(H2,17,18). The van der Waals surface area contributed by atoms with E-state index in [-0.39, 0.29) is 0 Å². The van der Waals surface area contributed by atoms with Crippen LogP contribution in [0.3, 0.4) is 0 Å². The number of nitrogens with two attached hydrogens (primary N) is 1. The van der Waals surface area contributed by atoms with Gasteiger partial charge in [0.1, 0.15) is 11.5 Å². The molecule has 2 rings (SSSR count). The highest BCUT2D eigenvalue weighted by atomic mass is 79.9. The number of aryl methyl sites for hydroxylation is 1. The quantitative estimate of drug-likeness (QED) is 0.905. The first-order valence-electron chi connectivity index (χ1n) is 5.51. The summed E-state index contributed by atoms with van der Waals surface area (Å²) in [5.74, 6) is 0.635. The van der Waals surface area contributed by atoms with Gasteiger partial charge in [-0.15, -0.1) is 0 Å². The lowest BCUT2D eigenvalue weighted by atomic mass is 10.2. The minimum absolute atomic E-state index is 0.344. The van der Waals surface area contributed by atoms with Gasteiger partial charge in [-0.1, -0.05) is 27.5 Å². The van der Waals surface area contributed by atoms with Gasteiger partial charge in [0, 0.05) is 10.0 Å². The fourth-order valence-electron chi connectivity index (χ4n) is 1.54. The number of rotatable bonds is 3. The number of halogens is 2. The first kappa shape index (κ1) is 13.9. The van der Waals surface area contributed by atoms with Crippen LogP contribution in [0.4, 0.5) is 0 Å². The molecule has 98 valence electrons. The Labute approximate surface area is 124 Å². The van der Waals surface area contributed by atoms with E-state index < -0.39 is 5.91 Å². The summed E-state index contributed by atoms with van der Waals surface area (Å²) in [6, 6.07) is 10.3.